The molecule has 0 unspecified atom stereocenters. The van der Waals surface area contributed by atoms with E-state index in [0.717, 1.165) is 24.4 Å². The van der Waals surface area contributed by atoms with Gasteiger partial charge in [0.25, 0.3) is 0 Å². The van der Waals surface area contributed by atoms with Crippen LogP contribution in [0.3, 0.4) is 0 Å². The molecule has 3 aromatic heterocycles. The average molecular weight is 242 g/mol. The van der Waals surface area contributed by atoms with Crippen LogP contribution >= 0.6 is 0 Å². The Morgan fingerprint density at radius 1 is 1.17 bits per heavy atom. The first-order valence-corrected chi connectivity index (χ1v) is 5.84. The molecule has 6 heteroatoms. The van der Waals surface area contributed by atoms with E-state index in [2.05, 4.69) is 20.5 Å². The molecule has 0 spiro atoms. The molecule has 6 nitrogen and oxygen atoms in total. The van der Waals surface area contributed by atoms with E-state index in [1.54, 1.807) is 10.7 Å². The Bertz CT molecular complexity index is 653. The summed E-state index contributed by atoms with van der Waals surface area (Å²) in [6.07, 6.45) is 6.37. The number of nitrogens with one attached hydrogen (secondary N) is 1. The smallest absolute Gasteiger partial charge is 0.157 e. The molecule has 0 bridgehead atoms. The second-order valence-corrected chi connectivity index (χ2v) is 4.07. The van der Waals surface area contributed by atoms with E-state index in [0.29, 0.717) is 0 Å². The molecule has 0 aliphatic carbocycles. The van der Waals surface area contributed by atoms with Gasteiger partial charge in [0.1, 0.15) is 5.82 Å². The lowest BCUT2D eigenvalue weighted by Gasteiger charge is -2.06. The van der Waals surface area contributed by atoms with Crippen molar-refractivity contribution in [2.24, 2.45) is 7.05 Å². The third-order valence-corrected chi connectivity index (χ3v) is 2.87. The summed E-state index contributed by atoms with van der Waals surface area (Å²) in [6, 6.07) is 5.82. The van der Waals surface area contributed by atoms with Crippen molar-refractivity contribution in [1.82, 2.24) is 24.4 Å². The number of hydrogen-bond acceptors (Lipinski definition) is 4. The zero-order valence-corrected chi connectivity index (χ0v) is 10.1. The summed E-state index contributed by atoms with van der Waals surface area (Å²) in [7, 11) is 1.95. The van der Waals surface area contributed by atoms with Crippen LogP contribution in [0.2, 0.25) is 0 Å². The van der Waals surface area contributed by atoms with E-state index in [1.165, 1.54) is 5.69 Å². The highest BCUT2D eigenvalue weighted by atomic mass is 15.3. The Hall–Kier alpha value is -2.37. The SMILES string of the molecule is Cn1nccc1CCNc1ccn2nccc2n1. The molecule has 0 radical (unpaired) electrons. The molecule has 3 aromatic rings. The van der Waals surface area contributed by atoms with Gasteiger partial charge in [0.15, 0.2) is 5.65 Å². The van der Waals surface area contributed by atoms with Gasteiger partial charge in [-0.15, -0.1) is 0 Å². The fraction of sp³-hybridized carbons (Fsp3) is 0.250. The summed E-state index contributed by atoms with van der Waals surface area (Å²) in [5.41, 5.74) is 2.05. The topological polar surface area (TPSA) is 60.0 Å². The number of rotatable bonds is 4. The summed E-state index contributed by atoms with van der Waals surface area (Å²) < 4.78 is 3.63. The Labute approximate surface area is 104 Å². The zero-order chi connectivity index (χ0) is 12.4. The number of anilines is 1. The highest BCUT2D eigenvalue weighted by molar-refractivity contribution is 5.45. The number of fused-ring (bicyclic) bond motifs is 1. The molecule has 0 saturated carbocycles. The van der Waals surface area contributed by atoms with E-state index in [1.807, 2.05) is 42.3 Å². The summed E-state index contributed by atoms with van der Waals surface area (Å²) in [5, 5.41) is 11.5. The molecule has 0 fully saturated rings. The van der Waals surface area contributed by atoms with Gasteiger partial charge in [0, 0.05) is 44.2 Å². The largest absolute Gasteiger partial charge is 0.370 e. The maximum atomic E-state index is 4.44. The van der Waals surface area contributed by atoms with E-state index in [9.17, 15) is 0 Å². The third kappa shape index (κ3) is 2.04. The first-order chi connectivity index (χ1) is 8.83. The fourth-order valence-corrected chi connectivity index (χ4v) is 1.88. The van der Waals surface area contributed by atoms with Gasteiger partial charge >= 0.3 is 0 Å². The molecule has 3 rings (SSSR count). The molecule has 0 aliphatic heterocycles. The van der Waals surface area contributed by atoms with Crippen LogP contribution in [0.25, 0.3) is 5.65 Å². The summed E-state index contributed by atoms with van der Waals surface area (Å²) in [6.45, 7) is 0.830. The molecule has 3 heterocycles. The number of hydrogen-bond donors (Lipinski definition) is 1. The second kappa shape index (κ2) is 4.48. The van der Waals surface area contributed by atoms with Crippen molar-refractivity contribution >= 4 is 11.5 Å². The summed E-state index contributed by atoms with van der Waals surface area (Å²) >= 11 is 0. The van der Waals surface area contributed by atoms with Crippen molar-refractivity contribution in [1.29, 1.82) is 0 Å². The molecule has 0 aromatic carbocycles. The first-order valence-electron chi connectivity index (χ1n) is 5.84. The average Bonchev–Trinajstić information content (AvgIpc) is 2.98. The highest BCUT2D eigenvalue weighted by Gasteiger charge is 2.00. The van der Waals surface area contributed by atoms with Crippen LogP contribution in [0.4, 0.5) is 5.82 Å². The quantitative estimate of drug-likeness (QED) is 0.744. The second-order valence-electron chi connectivity index (χ2n) is 4.07. The standard InChI is InChI=1S/C12H14N6/c1-17-10(3-7-14-17)2-6-13-11-5-9-18-12(16-11)4-8-15-18/h3-5,7-9H,2,6H2,1H3,(H,13,16). The lowest BCUT2D eigenvalue weighted by atomic mass is 10.3. The lowest BCUT2D eigenvalue weighted by molar-refractivity contribution is 0.711. The van der Waals surface area contributed by atoms with Gasteiger partial charge in [0.2, 0.25) is 0 Å². The van der Waals surface area contributed by atoms with Gasteiger partial charge in [-0.3, -0.25) is 4.68 Å². The van der Waals surface area contributed by atoms with Crippen LogP contribution in [-0.2, 0) is 13.5 Å². The molecule has 92 valence electrons. The van der Waals surface area contributed by atoms with Crippen LogP contribution in [-0.4, -0.2) is 30.9 Å². The van der Waals surface area contributed by atoms with Gasteiger partial charge in [0.05, 0.1) is 6.20 Å². The monoisotopic (exact) mass is 242 g/mol. The number of nitrogens with zero attached hydrogens (tertiary/aromatic N) is 5. The van der Waals surface area contributed by atoms with Crippen LogP contribution in [0.1, 0.15) is 5.69 Å². The van der Waals surface area contributed by atoms with E-state index in [4.69, 9.17) is 0 Å². The van der Waals surface area contributed by atoms with E-state index in [-0.39, 0.29) is 0 Å². The van der Waals surface area contributed by atoms with Gasteiger partial charge in [-0.2, -0.15) is 10.2 Å². The van der Waals surface area contributed by atoms with Crippen molar-refractivity contribution in [3.63, 3.8) is 0 Å². The predicted molar refractivity (Wildman–Crippen MR) is 68.4 cm³/mol. The van der Waals surface area contributed by atoms with Crippen molar-refractivity contribution < 1.29 is 0 Å². The minimum absolute atomic E-state index is 0.830. The van der Waals surface area contributed by atoms with E-state index >= 15 is 0 Å². The van der Waals surface area contributed by atoms with Crippen LogP contribution in [0.5, 0.6) is 0 Å². The summed E-state index contributed by atoms with van der Waals surface area (Å²) in [5.74, 6) is 0.866. The van der Waals surface area contributed by atoms with Gasteiger partial charge in [-0.1, -0.05) is 0 Å². The maximum absolute atomic E-state index is 4.44. The minimum atomic E-state index is 0.830. The molecule has 0 saturated heterocycles. The normalized spacial score (nSPS) is 10.9. The molecular formula is C12H14N6. The molecular weight excluding hydrogens is 228 g/mol. The van der Waals surface area contributed by atoms with Gasteiger partial charge < -0.3 is 5.32 Å². The van der Waals surface area contributed by atoms with E-state index < -0.39 is 0 Å². The third-order valence-electron chi connectivity index (χ3n) is 2.87. The number of aryl methyl sites for hydroxylation is 1. The maximum Gasteiger partial charge on any atom is 0.157 e. The zero-order valence-electron chi connectivity index (χ0n) is 10.1. The molecule has 18 heavy (non-hydrogen) atoms. The fourth-order valence-electron chi connectivity index (χ4n) is 1.88. The Kier molecular flexibility index (Phi) is 2.68. The Morgan fingerprint density at radius 2 is 2.06 bits per heavy atom. The number of aromatic nitrogens is 5. The molecule has 0 amide bonds. The van der Waals surface area contributed by atoms with Crippen LogP contribution < -0.4 is 5.32 Å². The molecule has 0 aliphatic rings. The lowest BCUT2D eigenvalue weighted by Crippen LogP contribution is -2.09. The van der Waals surface area contributed by atoms with Gasteiger partial charge in [-0.05, 0) is 12.1 Å². The van der Waals surface area contributed by atoms with Crippen molar-refractivity contribution in [3.05, 3.63) is 42.5 Å². The van der Waals surface area contributed by atoms with Crippen LogP contribution in [0.15, 0.2) is 36.8 Å². The highest BCUT2D eigenvalue weighted by Crippen LogP contribution is 2.06. The van der Waals surface area contributed by atoms with Gasteiger partial charge in [-0.25, -0.2) is 9.50 Å². The minimum Gasteiger partial charge on any atom is -0.370 e. The van der Waals surface area contributed by atoms with Crippen molar-refractivity contribution in [2.75, 3.05) is 11.9 Å². The predicted octanol–water partition coefficient (Wildman–Crippen LogP) is 1.12. The molecule has 0 atom stereocenters. The van der Waals surface area contributed by atoms with Crippen molar-refractivity contribution in [2.45, 2.75) is 6.42 Å². The molecule has 1 N–H and O–H groups in total. The first kappa shape index (κ1) is 10.8. The summed E-state index contributed by atoms with van der Waals surface area (Å²) in [4.78, 5) is 4.44. The van der Waals surface area contributed by atoms with Crippen molar-refractivity contribution in [3.8, 4) is 0 Å². The Morgan fingerprint density at radius 3 is 2.89 bits per heavy atom. The van der Waals surface area contributed by atoms with Crippen LogP contribution in [0, 0.1) is 0 Å². The Balaban J connectivity index is 1.64.